The van der Waals surface area contributed by atoms with Crippen molar-refractivity contribution in [2.45, 2.75) is 71.0 Å². The molecular weight excluding hydrogens is 412 g/mol. The molecule has 4 heteroatoms. The summed E-state index contributed by atoms with van der Waals surface area (Å²) in [5.74, 6) is -0.292. The molecule has 0 radical (unpaired) electrons. The molecule has 0 spiro atoms. The van der Waals surface area contributed by atoms with Crippen LogP contribution in [0.4, 0.5) is 0 Å². The Morgan fingerprint density at radius 3 is 2.18 bits per heavy atom. The van der Waals surface area contributed by atoms with Gasteiger partial charge in [0, 0.05) is 20.6 Å². The molecule has 3 rings (SSSR count). The highest BCUT2D eigenvalue weighted by Gasteiger charge is 2.39. The Hall–Kier alpha value is -2.43. The molecule has 33 heavy (non-hydrogen) atoms. The molecule has 2 aromatic carbocycles. The maximum Gasteiger partial charge on any atom is 0.338 e. The van der Waals surface area contributed by atoms with Crippen molar-refractivity contribution in [3.63, 3.8) is 0 Å². The monoisotopic (exact) mass is 450 g/mol. The smallest absolute Gasteiger partial charge is 0.338 e. The molecule has 1 aliphatic carbocycles. The maximum absolute atomic E-state index is 11.9. The molecule has 0 saturated heterocycles. The Balaban J connectivity index is 2.03. The topological polar surface area (TPSA) is 44.8 Å². The third kappa shape index (κ3) is 5.56. The van der Waals surface area contributed by atoms with Gasteiger partial charge >= 0.3 is 5.97 Å². The van der Waals surface area contributed by atoms with E-state index < -0.39 is 0 Å². The largest absolute Gasteiger partial charge is 0.462 e. The molecule has 0 aliphatic heterocycles. The summed E-state index contributed by atoms with van der Waals surface area (Å²) in [6.07, 6.45) is 6.97. The number of methoxy groups -OCH3 is 2. The van der Waals surface area contributed by atoms with Gasteiger partial charge < -0.3 is 14.2 Å². The quantitative estimate of drug-likeness (QED) is 0.260. The van der Waals surface area contributed by atoms with Gasteiger partial charge in [-0.2, -0.15) is 0 Å². The standard InChI is InChI=1S/C29H38O4/c1-8-33-27(30)22-13-10-20(11-14-22)9-12-21-15-16-24-26(23(21)19-25(31-6)32-7)29(4,5)18-17-28(24,2)3/h9-16,25H,8,17-19H2,1-7H3. The van der Waals surface area contributed by atoms with Crippen LogP contribution >= 0.6 is 0 Å². The third-order valence-electron chi connectivity index (χ3n) is 6.90. The molecule has 2 aromatic rings. The van der Waals surface area contributed by atoms with E-state index in [0.717, 1.165) is 12.0 Å². The molecule has 0 amide bonds. The van der Waals surface area contributed by atoms with Crippen molar-refractivity contribution in [1.82, 2.24) is 0 Å². The van der Waals surface area contributed by atoms with E-state index in [0.29, 0.717) is 18.6 Å². The van der Waals surface area contributed by atoms with Gasteiger partial charge in [0.1, 0.15) is 0 Å². The van der Waals surface area contributed by atoms with Crippen LogP contribution in [-0.4, -0.2) is 33.1 Å². The molecule has 0 fully saturated rings. The number of rotatable bonds is 8. The Kier molecular flexibility index (Phi) is 7.81. The van der Waals surface area contributed by atoms with E-state index in [1.165, 1.54) is 28.7 Å². The SMILES string of the molecule is CCOC(=O)c1ccc(C=Cc2ccc3c(c2CC(OC)OC)C(C)(C)CCC3(C)C)cc1. The number of hydrogen-bond acceptors (Lipinski definition) is 4. The summed E-state index contributed by atoms with van der Waals surface area (Å²) in [5.41, 5.74) is 7.13. The highest BCUT2D eigenvalue weighted by Crippen LogP contribution is 2.48. The Morgan fingerprint density at radius 2 is 1.58 bits per heavy atom. The molecular formula is C29H38O4. The van der Waals surface area contributed by atoms with Gasteiger partial charge in [-0.05, 0) is 70.5 Å². The van der Waals surface area contributed by atoms with Crippen LogP contribution in [0.2, 0.25) is 0 Å². The lowest BCUT2D eigenvalue weighted by molar-refractivity contribution is -0.100. The third-order valence-corrected chi connectivity index (χ3v) is 6.90. The molecule has 178 valence electrons. The van der Waals surface area contributed by atoms with E-state index in [-0.39, 0.29) is 23.1 Å². The van der Waals surface area contributed by atoms with Crippen LogP contribution in [0.15, 0.2) is 36.4 Å². The highest BCUT2D eigenvalue weighted by atomic mass is 16.7. The van der Waals surface area contributed by atoms with Crippen molar-refractivity contribution in [2.75, 3.05) is 20.8 Å². The zero-order chi connectivity index (χ0) is 24.2. The van der Waals surface area contributed by atoms with Gasteiger partial charge in [0.05, 0.1) is 12.2 Å². The fourth-order valence-corrected chi connectivity index (χ4v) is 4.82. The highest BCUT2D eigenvalue weighted by molar-refractivity contribution is 5.89. The molecule has 0 heterocycles. The maximum atomic E-state index is 11.9. The molecule has 0 bridgehead atoms. The van der Waals surface area contributed by atoms with Gasteiger partial charge in [-0.3, -0.25) is 0 Å². The number of carbonyl (C=O) groups is 1. The summed E-state index contributed by atoms with van der Waals surface area (Å²) < 4.78 is 16.3. The van der Waals surface area contributed by atoms with Crippen LogP contribution in [0, 0.1) is 0 Å². The van der Waals surface area contributed by atoms with Gasteiger partial charge in [0.15, 0.2) is 6.29 Å². The van der Waals surface area contributed by atoms with Crippen molar-refractivity contribution >= 4 is 18.1 Å². The number of benzene rings is 2. The lowest BCUT2D eigenvalue weighted by Crippen LogP contribution is -2.36. The second-order valence-corrected chi connectivity index (χ2v) is 10.1. The van der Waals surface area contributed by atoms with E-state index in [4.69, 9.17) is 14.2 Å². The van der Waals surface area contributed by atoms with Crippen LogP contribution in [0.1, 0.15) is 85.6 Å². The van der Waals surface area contributed by atoms with Crippen LogP contribution in [0.5, 0.6) is 0 Å². The number of ether oxygens (including phenoxy) is 3. The number of hydrogen-bond donors (Lipinski definition) is 0. The van der Waals surface area contributed by atoms with E-state index in [9.17, 15) is 4.79 Å². The predicted molar refractivity (Wildman–Crippen MR) is 135 cm³/mol. The minimum absolute atomic E-state index is 0.0807. The number of carbonyl (C=O) groups excluding carboxylic acids is 1. The first-order chi connectivity index (χ1) is 15.6. The second kappa shape index (κ2) is 10.2. The lowest BCUT2D eigenvalue weighted by atomic mass is 9.61. The molecule has 0 unspecified atom stereocenters. The van der Waals surface area contributed by atoms with Crippen molar-refractivity contribution in [1.29, 1.82) is 0 Å². The molecule has 4 nitrogen and oxygen atoms in total. The van der Waals surface area contributed by atoms with Crippen molar-refractivity contribution in [2.24, 2.45) is 0 Å². The van der Waals surface area contributed by atoms with Crippen molar-refractivity contribution in [3.8, 4) is 0 Å². The zero-order valence-electron chi connectivity index (χ0n) is 21.2. The molecule has 1 aliphatic rings. The fraction of sp³-hybridized carbons (Fsp3) is 0.483. The predicted octanol–water partition coefficient (Wildman–Crippen LogP) is 6.54. The van der Waals surface area contributed by atoms with Gasteiger partial charge in [-0.25, -0.2) is 4.79 Å². The lowest BCUT2D eigenvalue weighted by Gasteiger charge is -2.43. The molecule has 0 atom stereocenters. The average molecular weight is 451 g/mol. The Bertz CT molecular complexity index is 995. The normalized spacial score (nSPS) is 16.7. The van der Waals surface area contributed by atoms with Gasteiger partial charge in [0.25, 0.3) is 0 Å². The van der Waals surface area contributed by atoms with Gasteiger partial charge in [-0.15, -0.1) is 0 Å². The summed E-state index contributed by atoms with van der Waals surface area (Å²) in [7, 11) is 3.39. The first-order valence-electron chi connectivity index (χ1n) is 11.8. The first kappa shape index (κ1) is 25.2. The van der Waals surface area contributed by atoms with E-state index in [2.05, 4.69) is 52.0 Å². The van der Waals surface area contributed by atoms with Crippen LogP contribution < -0.4 is 0 Å². The summed E-state index contributed by atoms with van der Waals surface area (Å²) in [5, 5.41) is 0. The molecule has 0 N–H and O–H groups in total. The van der Waals surface area contributed by atoms with Crippen molar-refractivity contribution < 1.29 is 19.0 Å². The second-order valence-electron chi connectivity index (χ2n) is 10.1. The minimum Gasteiger partial charge on any atom is -0.462 e. The van der Waals surface area contributed by atoms with E-state index >= 15 is 0 Å². The first-order valence-corrected chi connectivity index (χ1v) is 11.8. The summed E-state index contributed by atoms with van der Waals surface area (Å²) in [6, 6.07) is 12.0. The summed E-state index contributed by atoms with van der Waals surface area (Å²) in [6.45, 7) is 11.6. The van der Waals surface area contributed by atoms with Gasteiger partial charge in [-0.1, -0.05) is 64.1 Å². The van der Waals surface area contributed by atoms with Gasteiger partial charge in [0.2, 0.25) is 0 Å². The van der Waals surface area contributed by atoms with Crippen LogP contribution in [0.3, 0.4) is 0 Å². The number of esters is 1. The molecule has 0 aromatic heterocycles. The van der Waals surface area contributed by atoms with Crippen molar-refractivity contribution in [3.05, 3.63) is 69.8 Å². The van der Waals surface area contributed by atoms with Crippen LogP contribution in [-0.2, 0) is 31.5 Å². The number of fused-ring (bicyclic) bond motifs is 1. The van der Waals surface area contributed by atoms with E-state index in [1.807, 2.05) is 31.2 Å². The summed E-state index contributed by atoms with van der Waals surface area (Å²) >= 11 is 0. The molecule has 0 saturated carbocycles. The summed E-state index contributed by atoms with van der Waals surface area (Å²) in [4.78, 5) is 11.9. The Morgan fingerprint density at radius 1 is 0.939 bits per heavy atom. The van der Waals surface area contributed by atoms with Crippen LogP contribution in [0.25, 0.3) is 12.2 Å². The zero-order valence-corrected chi connectivity index (χ0v) is 21.2. The Labute approximate surface area is 198 Å². The average Bonchev–Trinajstić information content (AvgIpc) is 2.79. The minimum atomic E-state index is -0.298. The van der Waals surface area contributed by atoms with E-state index in [1.54, 1.807) is 14.2 Å². The fourth-order valence-electron chi connectivity index (χ4n) is 4.82.